The number of carbonyl (C=O) groups is 5. The lowest BCUT2D eigenvalue weighted by molar-refractivity contribution is -0.159. The molecule has 15 heteroatoms. The molecular formula is C48H59FN6O8. The molecule has 0 aromatic heterocycles. The zero-order valence-corrected chi connectivity index (χ0v) is 36.2. The van der Waals surface area contributed by atoms with E-state index in [4.69, 9.17) is 19.9 Å². The fraction of sp³-hybridized carbons (Fsp3) is 0.396. The molecule has 4 aromatic rings. The van der Waals surface area contributed by atoms with Gasteiger partial charge in [-0.1, -0.05) is 131 Å². The molecule has 6 atom stereocenters. The second-order valence-electron chi connectivity index (χ2n) is 16.3. The van der Waals surface area contributed by atoms with Crippen LogP contribution in [0.1, 0.15) is 68.8 Å². The maximum atomic E-state index is 15.2. The van der Waals surface area contributed by atoms with E-state index in [1.54, 1.807) is 82.3 Å². The Kier molecular flexibility index (Phi) is 18.2. The molecular weight excluding hydrogens is 808 g/mol. The van der Waals surface area contributed by atoms with Gasteiger partial charge in [-0.25, -0.2) is 19.0 Å². The number of ether oxygens (including phenoxy) is 3. The Morgan fingerprint density at radius 3 is 1.76 bits per heavy atom. The SMILES string of the molecule is CC(C)[C@H](NC(=O)OCc1ccccc1)C(=O)NN(Cc1ccc(F)cc1)CC(OC(=O)C1CCCN1)[C@@H](C(=O)[C@@H](NC(=O)OCc1ccccc1)C(C)C)C(N)c1ccccc1. The fourth-order valence-corrected chi connectivity index (χ4v) is 7.31. The summed E-state index contributed by atoms with van der Waals surface area (Å²) in [5.74, 6) is -4.48. The average Bonchev–Trinajstić information content (AvgIpc) is 3.83. The van der Waals surface area contributed by atoms with Crippen LogP contribution in [0.3, 0.4) is 0 Å². The van der Waals surface area contributed by atoms with Crippen molar-refractivity contribution in [3.05, 3.63) is 143 Å². The first-order chi connectivity index (χ1) is 30.3. The molecule has 1 aliphatic heterocycles. The molecule has 0 aliphatic carbocycles. The van der Waals surface area contributed by atoms with E-state index in [-0.39, 0.29) is 26.3 Å². The molecule has 1 fully saturated rings. The normalized spacial score (nSPS) is 16.0. The summed E-state index contributed by atoms with van der Waals surface area (Å²) in [7, 11) is 0. The first-order valence-corrected chi connectivity index (χ1v) is 21.3. The van der Waals surface area contributed by atoms with Gasteiger partial charge in [0.05, 0.1) is 18.5 Å². The molecule has 14 nitrogen and oxygen atoms in total. The summed E-state index contributed by atoms with van der Waals surface area (Å²) in [6.07, 6.45) is -1.77. The maximum absolute atomic E-state index is 15.2. The Balaban J connectivity index is 1.49. The van der Waals surface area contributed by atoms with Crippen LogP contribution >= 0.6 is 0 Å². The predicted octanol–water partition coefficient (Wildman–Crippen LogP) is 6.11. The van der Waals surface area contributed by atoms with Gasteiger partial charge in [-0.05, 0) is 65.6 Å². The number of nitrogens with one attached hydrogen (secondary N) is 4. The quantitative estimate of drug-likeness (QED) is 0.0369. The topological polar surface area (TPSA) is 190 Å². The number of nitrogens with two attached hydrogens (primary N) is 1. The highest BCUT2D eigenvalue weighted by atomic mass is 19.1. The number of hydrogen-bond donors (Lipinski definition) is 5. The fourth-order valence-electron chi connectivity index (χ4n) is 7.31. The Morgan fingerprint density at radius 2 is 1.25 bits per heavy atom. The van der Waals surface area contributed by atoms with E-state index in [1.165, 1.54) is 29.3 Å². The summed E-state index contributed by atoms with van der Waals surface area (Å²) in [6, 6.07) is 28.6. The van der Waals surface area contributed by atoms with Crippen LogP contribution in [0.4, 0.5) is 14.0 Å². The molecule has 63 heavy (non-hydrogen) atoms. The van der Waals surface area contributed by atoms with E-state index in [0.29, 0.717) is 24.1 Å². The molecule has 1 aliphatic rings. The number of hydrazine groups is 1. The van der Waals surface area contributed by atoms with Crippen LogP contribution in [0, 0.1) is 23.6 Å². The second kappa shape index (κ2) is 23.9. The van der Waals surface area contributed by atoms with E-state index < -0.39 is 83.7 Å². The smallest absolute Gasteiger partial charge is 0.408 e. The average molecular weight is 867 g/mol. The maximum Gasteiger partial charge on any atom is 0.408 e. The van der Waals surface area contributed by atoms with Gasteiger partial charge in [-0.2, -0.15) is 0 Å². The van der Waals surface area contributed by atoms with E-state index in [9.17, 15) is 23.6 Å². The highest BCUT2D eigenvalue weighted by Gasteiger charge is 2.44. The summed E-state index contributed by atoms with van der Waals surface area (Å²) < 4.78 is 31.4. The Labute approximate surface area is 368 Å². The van der Waals surface area contributed by atoms with Crippen LogP contribution in [0.5, 0.6) is 0 Å². The van der Waals surface area contributed by atoms with Crippen LogP contribution in [0.2, 0.25) is 0 Å². The van der Waals surface area contributed by atoms with Crippen molar-refractivity contribution in [1.29, 1.82) is 0 Å². The number of esters is 1. The van der Waals surface area contributed by atoms with Gasteiger partial charge >= 0.3 is 18.2 Å². The number of hydrogen-bond acceptors (Lipinski definition) is 11. The summed E-state index contributed by atoms with van der Waals surface area (Å²) in [4.78, 5) is 69.8. The highest BCUT2D eigenvalue weighted by molar-refractivity contribution is 5.91. The van der Waals surface area contributed by atoms with Crippen molar-refractivity contribution in [2.24, 2.45) is 23.5 Å². The van der Waals surface area contributed by atoms with Crippen molar-refractivity contribution in [2.75, 3.05) is 13.1 Å². The molecule has 4 aromatic carbocycles. The predicted molar refractivity (Wildman–Crippen MR) is 235 cm³/mol. The molecule has 0 spiro atoms. The third kappa shape index (κ3) is 14.7. The van der Waals surface area contributed by atoms with Crippen LogP contribution in [0.15, 0.2) is 115 Å². The first kappa shape index (κ1) is 47.9. The Morgan fingerprint density at radius 1 is 0.730 bits per heavy atom. The summed E-state index contributed by atoms with van der Waals surface area (Å²) in [6.45, 7) is 7.21. The number of Topliss-reactive ketones (excluding diaryl/α,β-unsaturated/α-hetero) is 1. The van der Waals surface area contributed by atoms with Crippen molar-refractivity contribution in [3.63, 3.8) is 0 Å². The number of halogens is 1. The second-order valence-corrected chi connectivity index (χ2v) is 16.3. The molecule has 5 rings (SSSR count). The van der Waals surface area contributed by atoms with E-state index in [2.05, 4.69) is 21.4 Å². The number of nitrogens with zero attached hydrogens (tertiary/aromatic N) is 1. The molecule has 0 bridgehead atoms. The van der Waals surface area contributed by atoms with E-state index >= 15 is 4.79 Å². The van der Waals surface area contributed by atoms with E-state index in [1.807, 2.05) is 36.4 Å². The van der Waals surface area contributed by atoms with Crippen LogP contribution < -0.4 is 27.1 Å². The number of carbonyl (C=O) groups excluding carboxylic acids is 5. The van der Waals surface area contributed by atoms with Gasteiger partial charge < -0.3 is 35.9 Å². The van der Waals surface area contributed by atoms with Crippen LogP contribution in [-0.2, 0) is 48.4 Å². The number of ketones is 1. The van der Waals surface area contributed by atoms with Gasteiger partial charge in [0.1, 0.15) is 37.2 Å². The summed E-state index contributed by atoms with van der Waals surface area (Å²) >= 11 is 0. The van der Waals surface area contributed by atoms with Gasteiger partial charge in [-0.15, -0.1) is 0 Å². The zero-order valence-electron chi connectivity index (χ0n) is 36.2. The molecule has 6 N–H and O–H groups in total. The molecule has 0 saturated carbocycles. The van der Waals surface area contributed by atoms with Gasteiger partial charge in [-0.3, -0.25) is 19.8 Å². The minimum Gasteiger partial charge on any atom is -0.459 e. The molecule has 1 saturated heterocycles. The monoisotopic (exact) mass is 866 g/mol. The lowest BCUT2D eigenvalue weighted by atomic mass is 9.80. The van der Waals surface area contributed by atoms with Crippen LogP contribution in [-0.4, -0.2) is 72.2 Å². The van der Waals surface area contributed by atoms with Gasteiger partial charge in [0, 0.05) is 12.6 Å². The largest absolute Gasteiger partial charge is 0.459 e. The highest BCUT2D eigenvalue weighted by Crippen LogP contribution is 2.30. The Hall–Kier alpha value is -6.16. The zero-order chi connectivity index (χ0) is 45.3. The van der Waals surface area contributed by atoms with Crippen molar-refractivity contribution in [1.82, 2.24) is 26.4 Å². The van der Waals surface area contributed by atoms with Gasteiger partial charge in [0.2, 0.25) is 0 Å². The number of benzene rings is 4. The number of amides is 3. The molecule has 1 heterocycles. The lowest BCUT2D eigenvalue weighted by Gasteiger charge is -2.37. The van der Waals surface area contributed by atoms with E-state index in [0.717, 1.165) is 17.5 Å². The minimum atomic E-state index is -1.34. The number of rotatable bonds is 21. The van der Waals surface area contributed by atoms with Crippen molar-refractivity contribution in [3.8, 4) is 0 Å². The van der Waals surface area contributed by atoms with Crippen molar-refractivity contribution < 1.29 is 42.6 Å². The molecule has 336 valence electrons. The molecule has 3 unspecified atom stereocenters. The lowest BCUT2D eigenvalue weighted by Crippen LogP contribution is -2.58. The minimum absolute atomic E-state index is 0.0211. The third-order valence-electron chi connectivity index (χ3n) is 10.8. The summed E-state index contributed by atoms with van der Waals surface area (Å²) in [5.41, 5.74) is 12.6. The van der Waals surface area contributed by atoms with Crippen LogP contribution in [0.25, 0.3) is 0 Å². The van der Waals surface area contributed by atoms with Crippen molar-refractivity contribution >= 4 is 29.8 Å². The molecule has 3 amide bonds. The standard InChI is InChI=1S/C48H59FN6O8/c1-31(2)42(52-47(59)61-29-34-15-8-5-9-16-34)44(56)40(41(50)36-19-12-7-13-20-36)39(63-46(58)38-21-14-26-51-38)28-55(27-33-22-24-37(49)25-23-33)54-45(57)43(32(3)4)53-48(60)62-30-35-17-10-6-11-18-35/h5-13,15-20,22-25,31-32,38-43,51H,14,21,26-30,50H2,1-4H3,(H,52,59)(H,53,60)(H,54,57)/t38?,39?,40-,41?,42+,43+/m1/s1. The van der Waals surface area contributed by atoms with Gasteiger partial charge in [0.15, 0.2) is 5.78 Å². The summed E-state index contributed by atoms with van der Waals surface area (Å²) in [5, 5.41) is 10.0. The third-order valence-corrected chi connectivity index (χ3v) is 10.8. The van der Waals surface area contributed by atoms with Gasteiger partial charge in [0.25, 0.3) is 5.91 Å². The first-order valence-electron chi connectivity index (χ1n) is 21.3. The molecule has 0 radical (unpaired) electrons. The Bertz CT molecular complexity index is 2070. The number of alkyl carbamates (subject to hydrolysis) is 2. The van der Waals surface area contributed by atoms with Crippen molar-refractivity contribution in [2.45, 2.75) is 90.6 Å².